The van der Waals surface area contributed by atoms with Crippen LogP contribution in [0, 0.1) is 0 Å². The van der Waals surface area contributed by atoms with Gasteiger partial charge in [-0.2, -0.15) is 0 Å². The summed E-state index contributed by atoms with van der Waals surface area (Å²) < 4.78 is 5.21. The SMILES string of the molecule is CC1OC=Nc2ccc(Cl)cc21. The first-order valence-electron chi connectivity index (χ1n) is 3.75. The van der Waals surface area contributed by atoms with E-state index >= 15 is 0 Å². The third-order valence-electron chi connectivity index (χ3n) is 1.88. The van der Waals surface area contributed by atoms with Crippen LogP contribution in [0.25, 0.3) is 0 Å². The standard InChI is InChI=1S/C9H8ClNO/c1-6-8-4-7(10)2-3-9(8)11-5-12-6/h2-6H,1H3. The quantitative estimate of drug-likeness (QED) is 0.603. The molecule has 0 saturated heterocycles. The molecule has 0 N–H and O–H groups in total. The molecule has 0 bridgehead atoms. The van der Waals surface area contributed by atoms with E-state index in [0.717, 1.165) is 16.3 Å². The van der Waals surface area contributed by atoms with Gasteiger partial charge in [0.15, 0.2) is 6.40 Å². The van der Waals surface area contributed by atoms with E-state index in [0.29, 0.717) is 0 Å². The molecule has 0 saturated carbocycles. The van der Waals surface area contributed by atoms with Crippen molar-refractivity contribution in [3.63, 3.8) is 0 Å². The number of ether oxygens (including phenoxy) is 1. The van der Waals surface area contributed by atoms with Crippen molar-refractivity contribution in [1.29, 1.82) is 0 Å². The third-order valence-corrected chi connectivity index (χ3v) is 2.12. The predicted molar refractivity (Wildman–Crippen MR) is 49.1 cm³/mol. The van der Waals surface area contributed by atoms with Crippen LogP contribution in [0.3, 0.4) is 0 Å². The third kappa shape index (κ3) is 1.18. The summed E-state index contributed by atoms with van der Waals surface area (Å²) in [6.07, 6.45) is 1.53. The summed E-state index contributed by atoms with van der Waals surface area (Å²) in [4.78, 5) is 4.08. The molecule has 1 aliphatic heterocycles. The lowest BCUT2D eigenvalue weighted by atomic mass is 10.1. The van der Waals surface area contributed by atoms with E-state index in [9.17, 15) is 0 Å². The monoisotopic (exact) mass is 181 g/mol. The molecule has 1 aromatic rings. The number of hydrogen-bond acceptors (Lipinski definition) is 2. The Kier molecular flexibility index (Phi) is 1.77. The molecule has 0 aromatic heterocycles. The van der Waals surface area contributed by atoms with Crippen LogP contribution in [-0.4, -0.2) is 6.40 Å². The highest BCUT2D eigenvalue weighted by Crippen LogP contribution is 2.32. The Morgan fingerprint density at radius 1 is 1.50 bits per heavy atom. The summed E-state index contributed by atoms with van der Waals surface area (Å²) in [5, 5.41) is 0.723. The molecular weight excluding hydrogens is 174 g/mol. The molecule has 1 aliphatic rings. The zero-order valence-corrected chi connectivity index (χ0v) is 7.38. The van der Waals surface area contributed by atoms with E-state index < -0.39 is 0 Å². The molecule has 0 amide bonds. The van der Waals surface area contributed by atoms with Gasteiger partial charge in [-0.25, -0.2) is 4.99 Å². The van der Waals surface area contributed by atoms with Crippen molar-refractivity contribution in [2.75, 3.05) is 0 Å². The van der Waals surface area contributed by atoms with E-state index in [1.54, 1.807) is 0 Å². The number of nitrogens with zero attached hydrogens (tertiary/aromatic N) is 1. The van der Waals surface area contributed by atoms with Gasteiger partial charge in [-0.1, -0.05) is 11.6 Å². The van der Waals surface area contributed by atoms with Crippen molar-refractivity contribution in [3.8, 4) is 0 Å². The second kappa shape index (κ2) is 2.79. The van der Waals surface area contributed by atoms with E-state index in [1.165, 1.54) is 6.40 Å². The van der Waals surface area contributed by atoms with Gasteiger partial charge in [0.1, 0.15) is 6.10 Å². The molecule has 1 aromatic carbocycles. The average Bonchev–Trinajstić information content (AvgIpc) is 2.07. The van der Waals surface area contributed by atoms with Gasteiger partial charge in [0, 0.05) is 10.6 Å². The first kappa shape index (κ1) is 7.62. The second-order valence-electron chi connectivity index (χ2n) is 2.72. The zero-order chi connectivity index (χ0) is 8.55. The predicted octanol–water partition coefficient (Wildman–Crippen LogP) is 3.09. The summed E-state index contributed by atoms with van der Waals surface area (Å²) >= 11 is 5.83. The minimum absolute atomic E-state index is 0.0520. The van der Waals surface area contributed by atoms with Crippen LogP contribution in [0.1, 0.15) is 18.6 Å². The fourth-order valence-corrected chi connectivity index (χ4v) is 1.40. The Bertz CT molecular complexity index is 335. The number of aliphatic imine (C=N–C) groups is 1. The smallest absolute Gasteiger partial charge is 0.175 e. The first-order chi connectivity index (χ1) is 5.77. The van der Waals surface area contributed by atoms with Crippen molar-refractivity contribution in [3.05, 3.63) is 28.8 Å². The molecule has 1 atom stereocenters. The summed E-state index contributed by atoms with van der Waals surface area (Å²) in [6.45, 7) is 1.97. The highest BCUT2D eigenvalue weighted by Gasteiger charge is 2.14. The highest BCUT2D eigenvalue weighted by molar-refractivity contribution is 6.30. The molecule has 2 nitrogen and oxygen atoms in total. The van der Waals surface area contributed by atoms with Crippen molar-refractivity contribution in [1.82, 2.24) is 0 Å². The summed E-state index contributed by atoms with van der Waals surface area (Å²) in [5.41, 5.74) is 1.99. The molecule has 62 valence electrons. The van der Waals surface area contributed by atoms with Crippen molar-refractivity contribution < 1.29 is 4.74 Å². The van der Waals surface area contributed by atoms with Crippen LogP contribution in [0.4, 0.5) is 5.69 Å². The second-order valence-corrected chi connectivity index (χ2v) is 3.15. The lowest BCUT2D eigenvalue weighted by Gasteiger charge is -2.17. The molecule has 2 rings (SSSR count). The topological polar surface area (TPSA) is 21.6 Å². The van der Waals surface area contributed by atoms with Crippen LogP contribution in [0.2, 0.25) is 5.02 Å². The average molecular weight is 182 g/mol. The van der Waals surface area contributed by atoms with Gasteiger partial charge >= 0.3 is 0 Å². The summed E-state index contributed by atoms with van der Waals surface area (Å²) in [6, 6.07) is 5.61. The molecule has 0 spiro atoms. The van der Waals surface area contributed by atoms with Crippen LogP contribution in [0.5, 0.6) is 0 Å². The van der Waals surface area contributed by atoms with Crippen molar-refractivity contribution >= 4 is 23.7 Å². The van der Waals surface area contributed by atoms with E-state index in [2.05, 4.69) is 4.99 Å². The van der Waals surface area contributed by atoms with E-state index in [-0.39, 0.29) is 6.10 Å². The van der Waals surface area contributed by atoms with Crippen LogP contribution >= 0.6 is 11.6 Å². The summed E-state index contributed by atoms with van der Waals surface area (Å²) in [7, 11) is 0. The van der Waals surface area contributed by atoms with Gasteiger partial charge in [0.25, 0.3) is 0 Å². The van der Waals surface area contributed by atoms with Gasteiger partial charge < -0.3 is 4.74 Å². The Morgan fingerprint density at radius 2 is 2.33 bits per heavy atom. The number of hydrogen-bond donors (Lipinski definition) is 0. The maximum absolute atomic E-state index is 5.83. The molecule has 0 fully saturated rings. The Balaban J connectivity index is 2.56. The number of halogens is 1. The molecule has 3 heteroatoms. The van der Waals surface area contributed by atoms with Crippen LogP contribution < -0.4 is 0 Å². The molecule has 1 unspecified atom stereocenters. The lowest BCUT2D eigenvalue weighted by Crippen LogP contribution is -2.02. The number of rotatable bonds is 0. The molecule has 1 heterocycles. The Hall–Kier alpha value is -1.02. The molecular formula is C9H8ClNO. The van der Waals surface area contributed by atoms with Crippen molar-refractivity contribution in [2.24, 2.45) is 4.99 Å². The number of benzene rings is 1. The minimum Gasteiger partial charge on any atom is -0.475 e. The Morgan fingerprint density at radius 3 is 3.17 bits per heavy atom. The molecule has 0 aliphatic carbocycles. The number of fused-ring (bicyclic) bond motifs is 1. The zero-order valence-electron chi connectivity index (χ0n) is 6.62. The van der Waals surface area contributed by atoms with Crippen LogP contribution in [-0.2, 0) is 4.74 Å². The highest BCUT2D eigenvalue weighted by atomic mass is 35.5. The Labute approximate surface area is 75.8 Å². The maximum atomic E-state index is 5.83. The van der Waals surface area contributed by atoms with Gasteiger partial charge in [-0.3, -0.25) is 0 Å². The van der Waals surface area contributed by atoms with E-state index in [1.807, 2.05) is 25.1 Å². The lowest BCUT2D eigenvalue weighted by molar-refractivity contribution is 0.221. The largest absolute Gasteiger partial charge is 0.475 e. The molecule has 0 radical (unpaired) electrons. The van der Waals surface area contributed by atoms with Crippen molar-refractivity contribution in [2.45, 2.75) is 13.0 Å². The summed E-state index contributed by atoms with van der Waals surface area (Å²) in [5.74, 6) is 0. The fraction of sp³-hybridized carbons (Fsp3) is 0.222. The fourth-order valence-electron chi connectivity index (χ4n) is 1.22. The van der Waals surface area contributed by atoms with E-state index in [4.69, 9.17) is 16.3 Å². The van der Waals surface area contributed by atoms with Gasteiger partial charge in [0.2, 0.25) is 0 Å². The van der Waals surface area contributed by atoms with Gasteiger partial charge in [-0.15, -0.1) is 0 Å². The normalized spacial score (nSPS) is 20.0. The van der Waals surface area contributed by atoms with Gasteiger partial charge in [-0.05, 0) is 25.1 Å². The first-order valence-corrected chi connectivity index (χ1v) is 4.12. The minimum atomic E-state index is 0.0520. The maximum Gasteiger partial charge on any atom is 0.175 e. The van der Waals surface area contributed by atoms with Gasteiger partial charge in [0.05, 0.1) is 5.69 Å². The van der Waals surface area contributed by atoms with Crippen LogP contribution in [0.15, 0.2) is 23.2 Å². The molecule has 12 heavy (non-hydrogen) atoms.